The van der Waals surface area contributed by atoms with Crippen molar-refractivity contribution in [2.75, 3.05) is 5.32 Å². The molecule has 1 amide bonds. The highest BCUT2D eigenvalue weighted by Gasteiger charge is 2.19. The maximum atomic E-state index is 13.1. The fraction of sp³-hybridized carbons (Fsp3) is 0.292. The normalized spacial score (nSPS) is 11.3. The number of carbonyl (C=O) groups is 1. The Morgan fingerprint density at radius 3 is 2.55 bits per heavy atom. The van der Waals surface area contributed by atoms with Crippen molar-refractivity contribution < 1.29 is 9.32 Å². The molecular formula is C24H25N5O4. The minimum atomic E-state index is -0.528. The first-order valence-electron chi connectivity index (χ1n) is 10.8. The van der Waals surface area contributed by atoms with E-state index in [0.29, 0.717) is 33.9 Å². The number of hydrogen-bond acceptors (Lipinski definition) is 6. The van der Waals surface area contributed by atoms with Crippen molar-refractivity contribution in [2.45, 2.75) is 46.7 Å². The number of nitrogens with zero attached hydrogens (tertiary/aromatic N) is 4. The molecule has 33 heavy (non-hydrogen) atoms. The van der Waals surface area contributed by atoms with Crippen LogP contribution in [-0.4, -0.2) is 25.2 Å². The Balaban J connectivity index is 1.72. The summed E-state index contributed by atoms with van der Waals surface area (Å²) in [7, 11) is 0. The van der Waals surface area contributed by atoms with E-state index in [1.807, 2.05) is 32.9 Å². The Hall–Kier alpha value is -4.01. The molecule has 0 atom stereocenters. The number of amides is 1. The lowest BCUT2D eigenvalue weighted by Crippen LogP contribution is -2.41. The van der Waals surface area contributed by atoms with Crippen molar-refractivity contribution in [2.24, 2.45) is 0 Å². The summed E-state index contributed by atoms with van der Waals surface area (Å²) in [5.41, 5.74) is 1.45. The second kappa shape index (κ2) is 8.85. The summed E-state index contributed by atoms with van der Waals surface area (Å²) in [6.07, 6.45) is 0. The van der Waals surface area contributed by atoms with Gasteiger partial charge in [0.1, 0.15) is 6.54 Å². The van der Waals surface area contributed by atoms with Crippen molar-refractivity contribution >= 4 is 22.5 Å². The molecule has 170 valence electrons. The average molecular weight is 447 g/mol. The Labute approximate surface area is 189 Å². The van der Waals surface area contributed by atoms with Crippen LogP contribution in [0.5, 0.6) is 0 Å². The third-order valence-electron chi connectivity index (χ3n) is 5.48. The molecule has 0 bridgehead atoms. The van der Waals surface area contributed by atoms with Gasteiger partial charge >= 0.3 is 5.69 Å². The Morgan fingerprint density at radius 2 is 1.85 bits per heavy atom. The molecule has 4 aromatic rings. The molecule has 2 aromatic carbocycles. The quantitative estimate of drug-likeness (QED) is 0.485. The van der Waals surface area contributed by atoms with E-state index in [9.17, 15) is 14.4 Å². The largest absolute Gasteiger partial charge is 0.334 e. The first-order chi connectivity index (χ1) is 15.8. The van der Waals surface area contributed by atoms with Crippen molar-refractivity contribution in [1.82, 2.24) is 19.3 Å². The Morgan fingerprint density at radius 1 is 1.09 bits per heavy atom. The first-order valence-corrected chi connectivity index (χ1v) is 10.8. The van der Waals surface area contributed by atoms with Gasteiger partial charge in [-0.25, -0.2) is 4.79 Å². The average Bonchev–Trinajstić information content (AvgIpc) is 3.29. The molecule has 2 heterocycles. The second-order valence-corrected chi connectivity index (χ2v) is 8.09. The van der Waals surface area contributed by atoms with Crippen LogP contribution in [0.25, 0.3) is 22.4 Å². The van der Waals surface area contributed by atoms with Crippen LogP contribution in [0.15, 0.2) is 56.6 Å². The van der Waals surface area contributed by atoms with E-state index in [2.05, 4.69) is 15.5 Å². The van der Waals surface area contributed by atoms with Gasteiger partial charge in [0, 0.05) is 12.5 Å². The number of para-hydroxylation sites is 2. The number of nitrogens with one attached hydrogen (secondary N) is 1. The molecule has 0 saturated carbocycles. The smallest absolute Gasteiger partial charge is 0.331 e. The number of carbonyl (C=O) groups excluding carboxylic acids is 1. The van der Waals surface area contributed by atoms with Crippen molar-refractivity contribution in [3.05, 3.63) is 74.7 Å². The van der Waals surface area contributed by atoms with Crippen LogP contribution >= 0.6 is 0 Å². The SMILES string of the molecule is CCn1c(=O)c2ccccc2n(CC(=O)Nc2c(C)cccc2-c2nc(C(C)C)no2)c1=O. The molecule has 0 fully saturated rings. The molecule has 9 nitrogen and oxygen atoms in total. The number of anilines is 1. The predicted molar refractivity (Wildman–Crippen MR) is 125 cm³/mol. The molecule has 4 rings (SSSR count). The van der Waals surface area contributed by atoms with E-state index in [1.54, 1.807) is 37.3 Å². The molecular weight excluding hydrogens is 422 g/mol. The highest BCUT2D eigenvalue weighted by atomic mass is 16.5. The third kappa shape index (κ3) is 4.09. The van der Waals surface area contributed by atoms with Crippen molar-refractivity contribution in [3.8, 4) is 11.5 Å². The van der Waals surface area contributed by atoms with Gasteiger partial charge in [-0.05, 0) is 37.6 Å². The lowest BCUT2D eigenvalue weighted by Gasteiger charge is -2.15. The van der Waals surface area contributed by atoms with E-state index >= 15 is 0 Å². The number of fused-ring (bicyclic) bond motifs is 1. The molecule has 2 aromatic heterocycles. The van der Waals surface area contributed by atoms with Crippen LogP contribution in [0.4, 0.5) is 5.69 Å². The maximum Gasteiger partial charge on any atom is 0.331 e. The molecule has 0 aliphatic rings. The zero-order valence-corrected chi connectivity index (χ0v) is 19.0. The monoisotopic (exact) mass is 447 g/mol. The van der Waals surface area contributed by atoms with Crippen LogP contribution in [0.2, 0.25) is 0 Å². The number of aromatic nitrogens is 4. The van der Waals surface area contributed by atoms with Gasteiger partial charge in [-0.3, -0.25) is 18.7 Å². The number of aryl methyl sites for hydroxylation is 1. The third-order valence-corrected chi connectivity index (χ3v) is 5.48. The lowest BCUT2D eigenvalue weighted by atomic mass is 10.1. The van der Waals surface area contributed by atoms with Crippen LogP contribution in [0, 0.1) is 6.92 Å². The van der Waals surface area contributed by atoms with E-state index < -0.39 is 11.6 Å². The Bertz CT molecular complexity index is 1460. The van der Waals surface area contributed by atoms with Gasteiger partial charge in [0.05, 0.1) is 22.2 Å². The van der Waals surface area contributed by atoms with Crippen LogP contribution in [-0.2, 0) is 17.9 Å². The summed E-state index contributed by atoms with van der Waals surface area (Å²) in [5, 5.41) is 7.29. The van der Waals surface area contributed by atoms with Gasteiger partial charge in [0.25, 0.3) is 11.4 Å². The summed E-state index contributed by atoms with van der Waals surface area (Å²) in [6.45, 7) is 7.46. The molecule has 0 saturated heterocycles. The number of benzene rings is 2. The minimum Gasteiger partial charge on any atom is -0.334 e. The zero-order valence-electron chi connectivity index (χ0n) is 19.0. The molecule has 0 unspecified atom stereocenters. The number of rotatable bonds is 6. The second-order valence-electron chi connectivity index (χ2n) is 8.09. The highest BCUT2D eigenvalue weighted by Crippen LogP contribution is 2.30. The summed E-state index contributed by atoms with van der Waals surface area (Å²) in [6, 6.07) is 12.3. The summed E-state index contributed by atoms with van der Waals surface area (Å²) in [5.74, 6) is 0.561. The fourth-order valence-electron chi connectivity index (χ4n) is 3.72. The van der Waals surface area contributed by atoms with Crippen LogP contribution in [0.1, 0.15) is 38.1 Å². The molecule has 0 aliphatic heterocycles. The summed E-state index contributed by atoms with van der Waals surface area (Å²) < 4.78 is 7.86. The molecule has 0 aliphatic carbocycles. The standard InChI is InChI=1S/C24H25N5O4/c1-5-28-23(31)16-10-6-7-12-18(16)29(24(28)32)13-19(30)25-20-15(4)9-8-11-17(20)22-26-21(14(2)3)27-33-22/h6-12,14H,5,13H2,1-4H3,(H,25,30). The molecule has 0 radical (unpaired) electrons. The molecule has 0 spiro atoms. The zero-order chi connectivity index (χ0) is 23.7. The lowest BCUT2D eigenvalue weighted by molar-refractivity contribution is -0.116. The van der Waals surface area contributed by atoms with Gasteiger partial charge < -0.3 is 9.84 Å². The van der Waals surface area contributed by atoms with E-state index in [-0.39, 0.29) is 24.6 Å². The van der Waals surface area contributed by atoms with Crippen LogP contribution < -0.4 is 16.6 Å². The molecule has 1 N–H and O–H groups in total. The van der Waals surface area contributed by atoms with Crippen LogP contribution in [0.3, 0.4) is 0 Å². The molecule has 9 heteroatoms. The van der Waals surface area contributed by atoms with Gasteiger partial charge in [0.2, 0.25) is 5.91 Å². The highest BCUT2D eigenvalue weighted by molar-refractivity contribution is 5.96. The summed E-state index contributed by atoms with van der Waals surface area (Å²) in [4.78, 5) is 43.1. The van der Waals surface area contributed by atoms with Gasteiger partial charge in [0.15, 0.2) is 5.82 Å². The Kier molecular flexibility index (Phi) is 5.95. The van der Waals surface area contributed by atoms with E-state index in [0.717, 1.165) is 10.1 Å². The predicted octanol–water partition coefficient (Wildman–Crippen LogP) is 3.30. The summed E-state index contributed by atoms with van der Waals surface area (Å²) >= 11 is 0. The van der Waals surface area contributed by atoms with Crippen molar-refractivity contribution in [1.29, 1.82) is 0 Å². The number of hydrogen-bond donors (Lipinski definition) is 1. The first kappa shape index (κ1) is 22.2. The van der Waals surface area contributed by atoms with Crippen molar-refractivity contribution in [3.63, 3.8) is 0 Å². The minimum absolute atomic E-state index is 0.0970. The van der Waals surface area contributed by atoms with Gasteiger partial charge in [-0.2, -0.15) is 4.98 Å². The fourth-order valence-corrected chi connectivity index (χ4v) is 3.72. The maximum absolute atomic E-state index is 13.1. The topological polar surface area (TPSA) is 112 Å². The van der Waals surface area contributed by atoms with E-state index in [4.69, 9.17) is 4.52 Å². The van der Waals surface area contributed by atoms with Gasteiger partial charge in [-0.1, -0.05) is 43.3 Å². The van der Waals surface area contributed by atoms with Gasteiger partial charge in [-0.15, -0.1) is 0 Å². The van der Waals surface area contributed by atoms with E-state index in [1.165, 1.54) is 4.57 Å².